The Hall–Kier alpha value is -1.83. The van der Waals surface area contributed by atoms with Crippen LogP contribution in [0.4, 0.5) is 0 Å². The van der Waals surface area contributed by atoms with Gasteiger partial charge in [0.15, 0.2) is 5.69 Å². The van der Waals surface area contributed by atoms with Gasteiger partial charge in [-0.1, -0.05) is 36.4 Å². The number of imidazole rings is 1. The molecule has 0 aliphatic rings. The lowest BCUT2D eigenvalue weighted by molar-refractivity contribution is -0.509. The highest BCUT2D eigenvalue weighted by Gasteiger charge is 2.24. The van der Waals surface area contributed by atoms with E-state index in [1.54, 1.807) is 10.5 Å². The molecule has 0 amide bonds. The molecule has 0 saturated carbocycles. The van der Waals surface area contributed by atoms with Gasteiger partial charge in [-0.25, -0.2) is 4.40 Å². The Morgan fingerprint density at radius 3 is 2.45 bits per heavy atom. The second kappa shape index (κ2) is 4.93. The fraction of sp³-hybridized carbons (Fsp3) is 0. The summed E-state index contributed by atoms with van der Waals surface area (Å²) in [5.74, 6) is 0. The molecule has 1 N–H and O–H groups in total. The molecule has 0 bridgehead atoms. The SMILES string of the molecule is O=S(=O)(O)Sn1c(-c2ccccc2)c[n+]2ccccc12. The number of hydrogen-bond donors (Lipinski definition) is 1. The van der Waals surface area contributed by atoms with E-state index >= 15 is 0 Å². The fourth-order valence-corrected chi connectivity index (χ4v) is 3.70. The molecule has 20 heavy (non-hydrogen) atoms. The number of pyridine rings is 1. The molecule has 3 rings (SSSR count). The second-order valence-electron chi connectivity index (χ2n) is 4.14. The zero-order chi connectivity index (χ0) is 14.2. The number of nitrogens with zero attached hydrogens (tertiary/aromatic N) is 2. The number of rotatable bonds is 3. The van der Waals surface area contributed by atoms with Crippen molar-refractivity contribution in [3.63, 3.8) is 0 Å². The summed E-state index contributed by atoms with van der Waals surface area (Å²) in [4.78, 5) is 0. The third kappa shape index (κ3) is 2.55. The van der Waals surface area contributed by atoms with Crippen molar-refractivity contribution >= 4 is 25.8 Å². The highest BCUT2D eigenvalue weighted by atomic mass is 33.2. The van der Waals surface area contributed by atoms with Gasteiger partial charge < -0.3 is 0 Å². The molecule has 7 heteroatoms. The summed E-state index contributed by atoms with van der Waals surface area (Å²) >= 11 is 0. The van der Waals surface area contributed by atoms with Crippen molar-refractivity contribution < 1.29 is 17.4 Å². The summed E-state index contributed by atoms with van der Waals surface area (Å²) in [6.07, 6.45) is 3.64. The van der Waals surface area contributed by atoms with Crippen LogP contribution in [0.3, 0.4) is 0 Å². The van der Waals surface area contributed by atoms with Gasteiger partial charge in [0.05, 0.1) is 6.20 Å². The Kier molecular flexibility index (Phi) is 3.25. The van der Waals surface area contributed by atoms with Crippen molar-refractivity contribution in [2.24, 2.45) is 0 Å². The lowest BCUT2D eigenvalue weighted by Crippen LogP contribution is -2.17. The average Bonchev–Trinajstić information content (AvgIpc) is 2.77. The molecule has 3 aromatic rings. The summed E-state index contributed by atoms with van der Waals surface area (Å²) in [5.41, 5.74) is 2.22. The molecule has 0 unspecified atom stereocenters. The summed E-state index contributed by atoms with van der Waals surface area (Å²) in [6, 6.07) is 14.9. The Bertz CT molecular complexity index is 858. The van der Waals surface area contributed by atoms with Crippen molar-refractivity contribution in [1.82, 2.24) is 3.97 Å². The molecule has 0 aliphatic heterocycles. The quantitative estimate of drug-likeness (QED) is 0.458. The van der Waals surface area contributed by atoms with E-state index in [2.05, 4.69) is 0 Å². The minimum atomic E-state index is -4.20. The average molecular weight is 307 g/mol. The van der Waals surface area contributed by atoms with Crippen molar-refractivity contribution in [2.75, 3.05) is 0 Å². The Labute approximate surface area is 119 Å². The largest absolute Gasteiger partial charge is 0.361 e. The highest BCUT2D eigenvalue weighted by molar-refractivity contribution is 8.69. The molecule has 5 nitrogen and oxygen atoms in total. The summed E-state index contributed by atoms with van der Waals surface area (Å²) in [6.45, 7) is 0. The van der Waals surface area contributed by atoms with Gasteiger partial charge in [-0.3, -0.25) is 4.55 Å². The summed E-state index contributed by atoms with van der Waals surface area (Å²) < 4.78 is 34.9. The maximum atomic E-state index is 11.2. The van der Waals surface area contributed by atoms with Crippen LogP contribution in [0.1, 0.15) is 0 Å². The van der Waals surface area contributed by atoms with Crippen molar-refractivity contribution in [3.05, 3.63) is 60.9 Å². The predicted octanol–water partition coefficient (Wildman–Crippen LogP) is 2.19. The highest BCUT2D eigenvalue weighted by Crippen LogP contribution is 2.27. The topological polar surface area (TPSA) is 63.4 Å². The van der Waals surface area contributed by atoms with Gasteiger partial charge in [-0.2, -0.15) is 8.42 Å². The van der Waals surface area contributed by atoms with Crippen LogP contribution < -0.4 is 4.40 Å². The Morgan fingerprint density at radius 1 is 1.05 bits per heavy atom. The Morgan fingerprint density at radius 2 is 1.75 bits per heavy atom. The first kappa shape index (κ1) is 13.2. The molecule has 0 atom stereocenters. The summed E-state index contributed by atoms with van der Waals surface area (Å²) in [5, 5.41) is 0. The van der Waals surface area contributed by atoms with Gasteiger partial charge in [0.1, 0.15) is 6.20 Å². The third-order valence-electron chi connectivity index (χ3n) is 2.79. The van der Waals surface area contributed by atoms with E-state index in [-0.39, 0.29) is 0 Å². The molecule has 0 radical (unpaired) electrons. The van der Waals surface area contributed by atoms with Gasteiger partial charge >= 0.3 is 9.15 Å². The maximum Gasteiger partial charge on any atom is 0.361 e. The van der Waals surface area contributed by atoms with Gasteiger partial charge in [0.2, 0.25) is 11.0 Å². The zero-order valence-electron chi connectivity index (χ0n) is 10.2. The maximum absolute atomic E-state index is 11.2. The van der Waals surface area contributed by atoms with Crippen LogP contribution >= 0.6 is 11.0 Å². The molecule has 1 aromatic carbocycles. The van der Waals surface area contributed by atoms with Crippen LogP contribution in [0.15, 0.2) is 60.9 Å². The molecule has 0 aliphatic carbocycles. The molecule has 0 saturated heterocycles. The normalized spacial score (nSPS) is 11.8. The molecular weight excluding hydrogens is 296 g/mol. The standard InChI is InChI=1S/C13H10N2O3S2/c16-20(17,18)19-15-12(11-6-2-1-3-7-11)10-14-9-5-4-8-13(14)15/h1-10H/p+1. The van der Waals surface area contributed by atoms with E-state index in [1.165, 1.54) is 3.97 Å². The van der Waals surface area contributed by atoms with E-state index in [9.17, 15) is 8.42 Å². The van der Waals surface area contributed by atoms with Crippen LogP contribution in [0.2, 0.25) is 0 Å². The van der Waals surface area contributed by atoms with E-state index < -0.39 is 9.15 Å². The smallest absolute Gasteiger partial charge is 0.274 e. The first-order chi connectivity index (χ1) is 9.54. The van der Waals surface area contributed by atoms with E-state index in [4.69, 9.17) is 4.55 Å². The van der Waals surface area contributed by atoms with Gasteiger partial charge in [0, 0.05) is 11.6 Å². The van der Waals surface area contributed by atoms with Crippen molar-refractivity contribution in [3.8, 4) is 11.3 Å². The van der Waals surface area contributed by atoms with Crippen LogP contribution in [-0.4, -0.2) is 16.9 Å². The van der Waals surface area contributed by atoms with Crippen LogP contribution in [0.5, 0.6) is 0 Å². The van der Waals surface area contributed by atoms with Gasteiger partial charge in [0.25, 0.3) is 5.65 Å². The number of benzene rings is 1. The van der Waals surface area contributed by atoms with Crippen molar-refractivity contribution in [2.45, 2.75) is 0 Å². The minimum absolute atomic E-state index is 0.382. The molecule has 0 spiro atoms. The van der Waals surface area contributed by atoms with E-state index in [1.807, 2.05) is 54.9 Å². The molecule has 2 aromatic heterocycles. The van der Waals surface area contributed by atoms with Gasteiger partial charge in [-0.05, 0) is 6.07 Å². The fourth-order valence-electron chi connectivity index (χ4n) is 2.01. The van der Waals surface area contributed by atoms with Crippen LogP contribution in [0, 0.1) is 0 Å². The van der Waals surface area contributed by atoms with Crippen molar-refractivity contribution in [1.29, 1.82) is 0 Å². The second-order valence-corrected chi connectivity index (χ2v) is 7.22. The molecule has 102 valence electrons. The molecule has 2 heterocycles. The van der Waals surface area contributed by atoms with Crippen LogP contribution in [-0.2, 0) is 9.15 Å². The number of hydrogen-bond acceptors (Lipinski definition) is 3. The monoisotopic (exact) mass is 307 g/mol. The zero-order valence-corrected chi connectivity index (χ0v) is 11.9. The lowest BCUT2D eigenvalue weighted by Gasteiger charge is -1.98. The summed E-state index contributed by atoms with van der Waals surface area (Å²) in [7, 11) is -3.82. The Balaban J connectivity index is 2.28. The third-order valence-corrected chi connectivity index (χ3v) is 4.53. The lowest BCUT2D eigenvalue weighted by atomic mass is 10.2. The minimum Gasteiger partial charge on any atom is -0.274 e. The first-order valence-electron chi connectivity index (χ1n) is 5.79. The number of aromatic nitrogens is 2. The van der Waals surface area contributed by atoms with Gasteiger partial charge in [-0.15, -0.1) is 3.97 Å². The number of fused-ring (bicyclic) bond motifs is 1. The van der Waals surface area contributed by atoms with Crippen LogP contribution in [0.25, 0.3) is 16.9 Å². The first-order valence-corrected chi connectivity index (χ1v) is 8.52. The predicted molar refractivity (Wildman–Crippen MR) is 77.6 cm³/mol. The van der Waals surface area contributed by atoms with E-state index in [0.29, 0.717) is 22.3 Å². The molecule has 0 fully saturated rings. The molecular formula is C13H11N2O3S2+. The van der Waals surface area contributed by atoms with E-state index in [0.717, 1.165) is 5.56 Å².